The average molecular weight is 210 g/mol. The van der Waals surface area contributed by atoms with Gasteiger partial charge in [0.2, 0.25) is 0 Å². The highest BCUT2D eigenvalue weighted by molar-refractivity contribution is 4.79. The fraction of sp³-hybridized carbons (Fsp3) is 1.00. The van der Waals surface area contributed by atoms with Gasteiger partial charge in [-0.1, -0.05) is 19.8 Å². The van der Waals surface area contributed by atoms with Crippen LogP contribution in [0.1, 0.15) is 39.5 Å². The summed E-state index contributed by atoms with van der Waals surface area (Å²) in [4.78, 5) is 2.68. The van der Waals surface area contributed by atoms with Gasteiger partial charge in [-0.15, -0.1) is 0 Å². The van der Waals surface area contributed by atoms with E-state index in [9.17, 15) is 0 Å². The van der Waals surface area contributed by atoms with Crippen molar-refractivity contribution in [3.63, 3.8) is 0 Å². The van der Waals surface area contributed by atoms with Gasteiger partial charge in [-0.2, -0.15) is 0 Å². The molecule has 1 aliphatic carbocycles. The molecule has 0 spiro atoms. The molecule has 2 aliphatic rings. The molecule has 0 aromatic heterocycles. The quantitative estimate of drug-likeness (QED) is 0.751. The molecule has 0 aromatic rings. The number of nitrogens with one attached hydrogen (secondary N) is 1. The normalized spacial score (nSPS) is 39.2. The van der Waals surface area contributed by atoms with Crippen LogP contribution in [0, 0.1) is 11.8 Å². The van der Waals surface area contributed by atoms with Gasteiger partial charge in [-0.25, -0.2) is 0 Å². The Kier molecular flexibility index (Phi) is 4.04. The zero-order chi connectivity index (χ0) is 10.7. The maximum Gasteiger partial charge on any atom is 0.0107 e. The smallest absolute Gasteiger partial charge is 0.0107 e. The summed E-state index contributed by atoms with van der Waals surface area (Å²) < 4.78 is 0. The molecular formula is C13H26N2. The highest BCUT2D eigenvalue weighted by Gasteiger charge is 2.25. The van der Waals surface area contributed by atoms with Gasteiger partial charge in [0.15, 0.2) is 0 Å². The Balaban J connectivity index is 1.78. The lowest BCUT2D eigenvalue weighted by Gasteiger charge is -2.25. The molecule has 1 aliphatic heterocycles. The van der Waals surface area contributed by atoms with Crippen LogP contribution in [0.4, 0.5) is 0 Å². The van der Waals surface area contributed by atoms with Crippen LogP contribution in [0.3, 0.4) is 0 Å². The molecule has 3 unspecified atom stereocenters. The Labute approximate surface area is 94.4 Å². The molecule has 1 saturated heterocycles. The Morgan fingerprint density at radius 3 is 2.73 bits per heavy atom. The van der Waals surface area contributed by atoms with Gasteiger partial charge in [-0.3, -0.25) is 0 Å². The van der Waals surface area contributed by atoms with E-state index < -0.39 is 0 Å². The molecule has 0 amide bonds. The fourth-order valence-electron chi connectivity index (χ4n) is 3.07. The van der Waals surface area contributed by atoms with Crippen LogP contribution < -0.4 is 5.32 Å². The SMILES string of the molecule is CC1CCN(CC2CCCC2C)CCN1. The minimum atomic E-state index is 0.719. The monoisotopic (exact) mass is 210 g/mol. The first-order valence-corrected chi connectivity index (χ1v) is 6.71. The van der Waals surface area contributed by atoms with Crippen LogP contribution >= 0.6 is 0 Å². The third-order valence-corrected chi connectivity index (χ3v) is 4.33. The zero-order valence-electron chi connectivity index (χ0n) is 10.3. The summed E-state index contributed by atoms with van der Waals surface area (Å²) in [5.74, 6) is 1.96. The Morgan fingerprint density at radius 1 is 1.13 bits per heavy atom. The molecule has 2 heteroatoms. The van der Waals surface area contributed by atoms with E-state index in [2.05, 4.69) is 24.1 Å². The minimum absolute atomic E-state index is 0.719. The largest absolute Gasteiger partial charge is 0.313 e. The molecule has 88 valence electrons. The second kappa shape index (κ2) is 5.31. The second-order valence-electron chi connectivity index (χ2n) is 5.61. The lowest BCUT2D eigenvalue weighted by molar-refractivity contribution is 0.220. The van der Waals surface area contributed by atoms with Crippen LogP contribution in [-0.2, 0) is 0 Å². The number of rotatable bonds is 2. The molecule has 2 fully saturated rings. The van der Waals surface area contributed by atoms with Gasteiger partial charge < -0.3 is 10.2 Å². The maximum absolute atomic E-state index is 3.57. The van der Waals surface area contributed by atoms with Gasteiger partial charge >= 0.3 is 0 Å². The molecular weight excluding hydrogens is 184 g/mol. The molecule has 2 nitrogen and oxygen atoms in total. The van der Waals surface area contributed by atoms with Crippen molar-refractivity contribution in [2.75, 3.05) is 26.2 Å². The van der Waals surface area contributed by atoms with Crippen molar-refractivity contribution >= 4 is 0 Å². The molecule has 2 rings (SSSR count). The number of hydrogen-bond acceptors (Lipinski definition) is 2. The van der Waals surface area contributed by atoms with Gasteiger partial charge in [-0.05, 0) is 38.1 Å². The highest BCUT2D eigenvalue weighted by Crippen LogP contribution is 2.31. The lowest BCUT2D eigenvalue weighted by Crippen LogP contribution is -2.33. The van der Waals surface area contributed by atoms with E-state index in [1.165, 1.54) is 51.9 Å². The first kappa shape index (κ1) is 11.4. The summed E-state index contributed by atoms with van der Waals surface area (Å²) in [5.41, 5.74) is 0. The zero-order valence-corrected chi connectivity index (χ0v) is 10.3. The summed E-state index contributed by atoms with van der Waals surface area (Å²) in [6.45, 7) is 9.85. The van der Waals surface area contributed by atoms with E-state index in [1.54, 1.807) is 0 Å². The van der Waals surface area contributed by atoms with Crippen LogP contribution in [0.5, 0.6) is 0 Å². The maximum atomic E-state index is 3.57. The van der Waals surface area contributed by atoms with E-state index in [0.717, 1.165) is 17.9 Å². The highest BCUT2D eigenvalue weighted by atomic mass is 15.2. The van der Waals surface area contributed by atoms with E-state index in [0.29, 0.717) is 0 Å². The van der Waals surface area contributed by atoms with Crippen molar-refractivity contribution in [2.45, 2.75) is 45.6 Å². The summed E-state index contributed by atoms with van der Waals surface area (Å²) in [5, 5.41) is 3.57. The third-order valence-electron chi connectivity index (χ3n) is 4.33. The van der Waals surface area contributed by atoms with Gasteiger partial charge in [0.25, 0.3) is 0 Å². The summed E-state index contributed by atoms with van der Waals surface area (Å²) in [7, 11) is 0. The van der Waals surface area contributed by atoms with Crippen LogP contribution in [0.2, 0.25) is 0 Å². The number of hydrogen-bond donors (Lipinski definition) is 1. The molecule has 15 heavy (non-hydrogen) atoms. The predicted molar refractivity (Wildman–Crippen MR) is 65.0 cm³/mol. The van der Waals surface area contributed by atoms with Crippen molar-refractivity contribution in [3.8, 4) is 0 Å². The molecule has 1 N–H and O–H groups in total. The molecule has 1 heterocycles. The third kappa shape index (κ3) is 3.18. The molecule has 0 radical (unpaired) electrons. The standard InChI is InChI=1S/C13H26N2/c1-11-4-3-5-13(11)10-15-8-6-12(2)14-7-9-15/h11-14H,3-10H2,1-2H3. The topological polar surface area (TPSA) is 15.3 Å². The van der Waals surface area contributed by atoms with E-state index in [1.807, 2.05) is 0 Å². The van der Waals surface area contributed by atoms with Crippen LogP contribution in [0.15, 0.2) is 0 Å². The molecule has 1 saturated carbocycles. The van der Waals surface area contributed by atoms with Crippen molar-refractivity contribution in [1.29, 1.82) is 0 Å². The Bertz CT molecular complexity index is 193. The molecule has 0 bridgehead atoms. The van der Waals surface area contributed by atoms with Gasteiger partial charge in [0.1, 0.15) is 0 Å². The summed E-state index contributed by atoms with van der Waals surface area (Å²) in [6, 6.07) is 0.719. The first-order chi connectivity index (χ1) is 7.25. The van der Waals surface area contributed by atoms with Crippen molar-refractivity contribution in [2.24, 2.45) is 11.8 Å². The first-order valence-electron chi connectivity index (χ1n) is 6.71. The fourth-order valence-corrected chi connectivity index (χ4v) is 3.07. The van der Waals surface area contributed by atoms with Gasteiger partial charge in [0.05, 0.1) is 0 Å². The van der Waals surface area contributed by atoms with Crippen molar-refractivity contribution in [1.82, 2.24) is 10.2 Å². The van der Waals surface area contributed by atoms with Crippen LogP contribution in [-0.4, -0.2) is 37.1 Å². The average Bonchev–Trinajstić information content (AvgIpc) is 2.48. The summed E-state index contributed by atoms with van der Waals surface area (Å²) in [6.07, 6.45) is 5.73. The minimum Gasteiger partial charge on any atom is -0.313 e. The van der Waals surface area contributed by atoms with E-state index >= 15 is 0 Å². The van der Waals surface area contributed by atoms with E-state index in [-0.39, 0.29) is 0 Å². The Hall–Kier alpha value is -0.0800. The Morgan fingerprint density at radius 2 is 2.00 bits per heavy atom. The van der Waals surface area contributed by atoms with E-state index in [4.69, 9.17) is 0 Å². The van der Waals surface area contributed by atoms with Crippen molar-refractivity contribution in [3.05, 3.63) is 0 Å². The summed E-state index contributed by atoms with van der Waals surface area (Å²) >= 11 is 0. The predicted octanol–water partition coefficient (Wildman–Crippen LogP) is 2.11. The molecule has 0 aromatic carbocycles. The second-order valence-corrected chi connectivity index (χ2v) is 5.61. The van der Waals surface area contributed by atoms with Gasteiger partial charge in [0, 0.05) is 25.7 Å². The van der Waals surface area contributed by atoms with Crippen molar-refractivity contribution < 1.29 is 0 Å². The lowest BCUT2D eigenvalue weighted by atomic mass is 9.97. The molecule has 3 atom stereocenters. The number of nitrogens with zero attached hydrogens (tertiary/aromatic N) is 1. The van der Waals surface area contributed by atoms with Crippen LogP contribution in [0.25, 0.3) is 0 Å².